The number of anilines is 1. The molecule has 2 amide bonds. The molecule has 40 heavy (non-hydrogen) atoms. The van der Waals surface area contributed by atoms with Crippen LogP contribution in [0.2, 0.25) is 5.15 Å². The van der Waals surface area contributed by atoms with Gasteiger partial charge in [-0.05, 0) is 56.7 Å². The molecule has 0 saturated heterocycles. The van der Waals surface area contributed by atoms with Crippen LogP contribution in [-0.2, 0) is 22.6 Å². The second-order valence-electron chi connectivity index (χ2n) is 10.7. The summed E-state index contributed by atoms with van der Waals surface area (Å²) in [5.74, 6) is 0.230. The summed E-state index contributed by atoms with van der Waals surface area (Å²) in [5.41, 5.74) is -0.153. The van der Waals surface area contributed by atoms with Gasteiger partial charge in [-0.25, -0.2) is 14.8 Å². The van der Waals surface area contributed by atoms with E-state index < -0.39 is 17.1 Å². The van der Waals surface area contributed by atoms with Gasteiger partial charge in [-0.2, -0.15) is 0 Å². The third-order valence-electron chi connectivity index (χ3n) is 6.13. The van der Waals surface area contributed by atoms with Gasteiger partial charge in [0.05, 0.1) is 12.7 Å². The van der Waals surface area contributed by atoms with Gasteiger partial charge in [0, 0.05) is 32.0 Å². The minimum absolute atomic E-state index is 0.120. The average Bonchev–Trinajstić information content (AvgIpc) is 3.63. The summed E-state index contributed by atoms with van der Waals surface area (Å²) in [6, 6.07) is 9.36. The van der Waals surface area contributed by atoms with E-state index in [1.165, 1.54) is 33.0 Å². The molecular formula is C27H35ClN8O4. The van der Waals surface area contributed by atoms with Gasteiger partial charge >= 0.3 is 6.09 Å². The van der Waals surface area contributed by atoms with Crippen LogP contribution in [-0.4, -0.2) is 66.8 Å². The number of hydrogen-bond acceptors (Lipinski definition) is 8. The van der Waals surface area contributed by atoms with Gasteiger partial charge in [0.1, 0.15) is 12.1 Å². The lowest BCUT2D eigenvalue weighted by Gasteiger charge is -2.27. The van der Waals surface area contributed by atoms with E-state index in [9.17, 15) is 14.4 Å². The zero-order valence-electron chi connectivity index (χ0n) is 23.0. The van der Waals surface area contributed by atoms with Crippen LogP contribution in [0.25, 0.3) is 0 Å². The quantitative estimate of drug-likeness (QED) is 0.329. The zero-order valence-corrected chi connectivity index (χ0v) is 23.8. The number of halogens is 1. The van der Waals surface area contributed by atoms with E-state index in [1.807, 2.05) is 51.1 Å². The molecule has 2 aromatic heterocycles. The number of nitrogens with one attached hydrogen (secondary N) is 1. The first-order valence-corrected chi connectivity index (χ1v) is 13.7. The molecule has 214 valence electrons. The van der Waals surface area contributed by atoms with Gasteiger partial charge in [0.2, 0.25) is 0 Å². The fourth-order valence-electron chi connectivity index (χ4n) is 3.99. The Morgan fingerprint density at radius 3 is 2.60 bits per heavy atom. The lowest BCUT2D eigenvalue weighted by Crippen LogP contribution is -2.44. The minimum atomic E-state index is -0.566. The summed E-state index contributed by atoms with van der Waals surface area (Å²) in [5, 5.41) is 12.2. The predicted octanol–water partition coefficient (Wildman–Crippen LogP) is 3.30. The summed E-state index contributed by atoms with van der Waals surface area (Å²) in [7, 11) is 0. The Morgan fingerprint density at radius 1 is 1.20 bits per heavy atom. The number of ether oxygens (including phenoxy) is 1. The molecule has 0 spiro atoms. The van der Waals surface area contributed by atoms with E-state index in [4.69, 9.17) is 16.3 Å². The number of hydrogen-bond donors (Lipinski definition) is 1. The highest BCUT2D eigenvalue weighted by Crippen LogP contribution is 2.30. The number of aromatic nitrogens is 5. The summed E-state index contributed by atoms with van der Waals surface area (Å²) in [4.78, 5) is 46.2. The molecule has 3 aromatic rings. The van der Waals surface area contributed by atoms with Crippen LogP contribution < -0.4 is 15.9 Å². The SMILES string of the molecule is CC(C)(C)OC(=O)N(CCCNc1nccn(CC(=O)N(Cc2ccccc2)n2nncc2Cl)c1=O)CC1CC1. The second kappa shape index (κ2) is 12.9. The Labute approximate surface area is 237 Å². The summed E-state index contributed by atoms with van der Waals surface area (Å²) >= 11 is 6.20. The molecule has 12 nitrogen and oxygen atoms in total. The molecule has 1 aromatic carbocycles. The number of rotatable bonds is 12. The largest absolute Gasteiger partial charge is 0.444 e. The van der Waals surface area contributed by atoms with E-state index >= 15 is 0 Å². The highest BCUT2D eigenvalue weighted by molar-refractivity contribution is 6.29. The van der Waals surface area contributed by atoms with Crippen molar-refractivity contribution in [2.45, 2.75) is 58.7 Å². The molecule has 1 N–H and O–H groups in total. The highest BCUT2D eigenvalue weighted by Gasteiger charge is 2.29. The molecular weight excluding hydrogens is 536 g/mol. The van der Waals surface area contributed by atoms with Crippen LogP contribution in [0.15, 0.2) is 53.7 Å². The first-order valence-electron chi connectivity index (χ1n) is 13.3. The Morgan fingerprint density at radius 2 is 1.95 bits per heavy atom. The van der Waals surface area contributed by atoms with Crippen molar-refractivity contribution >= 4 is 29.4 Å². The van der Waals surface area contributed by atoms with E-state index in [0.717, 1.165) is 18.4 Å². The van der Waals surface area contributed by atoms with Gasteiger partial charge in [-0.15, -0.1) is 9.89 Å². The van der Waals surface area contributed by atoms with Crippen molar-refractivity contribution in [1.29, 1.82) is 0 Å². The van der Waals surface area contributed by atoms with Crippen LogP contribution >= 0.6 is 11.6 Å². The maximum absolute atomic E-state index is 13.4. The smallest absolute Gasteiger partial charge is 0.410 e. The molecule has 1 fully saturated rings. The Balaban J connectivity index is 1.38. The average molecular weight is 571 g/mol. The third-order valence-corrected chi connectivity index (χ3v) is 6.38. The van der Waals surface area contributed by atoms with Gasteiger partial charge in [-0.3, -0.25) is 9.59 Å². The van der Waals surface area contributed by atoms with E-state index in [2.05, 4.69) is 20.6 Å². The monoisotopic (exact) mass is 570 g/mol. The van der Waals surface area contributed by atoms with Crippen molar-refractivity contribution in [2.24, 2.45) is 5.92 Å². The van der Waals surface area contributed by atoms with Crippen molar-refractivity contribution in [1.82, 2.24) is 29.6 Å². The van der Waals surface area contributed by atoms with Crippen molar-refractivity contribution < 1.29 is 14.3 Å². The Hall–Kier alpha value is -3.93. The minimum Gasteiger partial charge on any atom is -0.444 e. The fourth-order valence-corrected chi connectivity index (χ4v) is 4.16. The van der Waals surface area contributed by atoms with E-state index in [-0.39, 0.29) is 30.2 Å². The topological polar surface area (TPSA) is 127 Å². The number of nitrogens with zero attached hydrogens (tertiary/aromatic N) is 7. The molecule has 1 aliphatic carbocycles. The van der Waals surface area contributed by atoms with Gasteiger partial charge < -0.3 is 19.5 Å². The Kier molecular flexibility index (Phi) is 9.41. The first-order chi connectivity index (χ1) is 19.1. The van der Waals surface area contributed by atoms with Crippen LogP contribution in [0, 0.1) is 5.92 Å². The molecule has 2 heterocycles. The number of amides is 2. The van der Waals surface area contributed by atoms with Crippen LogP contribution in [0.4, 0.5) is 10.6 Å². The molecule has 0 aliphatic heterocycles. The molecule has 1 aliphatic rings. The standard InChI is InChI=1S/C27H35ClN8O4/c1-27(2,3)40-26(39)34(17-21-10-11-21)14-7-12-29-24-25(38)33(15-13-30-24)19-23(37)35(36-22(28)16-31-32-36)18-20-8-5-4-6-9-20/h4-6,8-9,13,15-16,21H,7,10-12,14,17-19H2,1-3H3,(H,29,30). The molecule has 13 heteroatoms. The maximum Gasteiger partial charge on any atom is 0.410 e. The second-order valence-corrected chi connectivity index (χ2v) is 11.1. The van der Waals surface area contributed by atoms with Gasteiger partial charge in [0.15, 0.2) is 11.0 Å². The van der Waals surface area contributed by atoms with E-state index in [0.29, 0.717) is 32.0 Å². The van der Waals surface area contributed by atoms with E-state index in [1.54, 1.807) is 4.90 Å². The summed E-state index contributed by atoms with van der Waals surface area (Å²) in [6.45, 7) is 7.04. The molecule has 0 atom stereocenters. The zero-order chi connectivity index (χ0) is 28.7. The van der Waals surface area contributed by atoms with Crippen LogP contribution in [0.5, 0.6) is 0 Å². The van der Waals surface area contributed by atoms with Crippen LogP contribution in [0.1, 0.15) is 45.6 Å². The number of carbonyl (C=O) groups excluding carboxylic acids is 2. The molecule has 0 bridgehead atoms. The highest BCUT2D eigenvalue weighted by atomic mass is 35.5. The number of benzene rings is 1. The molecule has 0 unspecified atom stereocenters. The normalized spacial score (nSPS) is 13.1. The third kappa shape index (κ3) is 8.28. The summed E-state index contributed by atoms with van der Waals surface area (Å²) in [6.07, 6.45) is 6.76. The molecule has 4 rings (SSSR count). The van der Waals surface area contributed by atoms with Crippen molar-refractivity contribution in [3.63, 3.8) is 0 Å². The molecule has 0 radical (unpaired) electrons. The van der Waals surface area contributed by atoms with Crippen molar-refractivity contribution in [3.8, 4) is 0 Å². The van der Waals surface area contributed by atoms with Gasteiger partial charge in [0.25, 0.3) is 11.5 Å². The number of carbonyl (C=O) groups is 2. The Bertz CT molecular complexity index is 1350. The fraction of sp³-hybridized carbons (Fsp3) is 0.481. The lowest BCUT2D eigenvalue weighted by atomic mass is 10.2. The molecule has 1 saturated carbocycles. The first kappa shape index (κ1) is 29.1. The summed E-state index contributed by atoms with van der Waals surface area (Å²) < 4.78 is 6.83. The maximum atomic E-state index is 13.4. The van der Waals surface area contributed by atoms with Crippen molar-refractivity contribution in [2.75, 3.05) is 30.0 Å². The van der Waals surface area contributed by atoms with Gasteiger partial charge in [-0.1, -0.05) is 41.9 Å². The predicted molar refractivity (Wildman–Crippen MR) is 151 cm³/mol. The van der Waals surface area contributed by atoms with Crippen LogP contribution in [0.3, 0.4) is 0 Å². The van der Waals surface area contributed by atoms with Crippen molar-refractivity contribution in [3.05, 3.63) is 70.0 Å². The lowest BCUT2D eigenvalue weighted by molar-refractivity contribution is -0.121.